The van der Waals surface area contributed by atoms with Crippen molar-refractivity contribution in [1.29, 1.82) is 0 Å². The van der Waals surface area contributed by atoms with Gasteiger partial charge < -0.3 is 0 Å². The Hall–Kier alpha value is -6.00. The third kappa shape index (κ3) is 4.08. The van der Waals surface area contributed by atoms with E-state index >= 15 is 0 Å². The Morgan fingerprint density at radius 3 is 1.05 bits per heavy atom. The topological polar surface area (TPSA) is 59.9 Å². The minimum atomic E-state index is -0.166. The van der Waals surface area contributed by atoms with E-state index in [-0.39, 0.29) is 11.6 Å². The van der Waals surface area contributed by atoms with E-state index in [1.54, 1.807) is 36.7 Å². The highest BCUT2D eigenvalue weighted by Crippen LogP contribution is 2.35. The smallest absolute Gasteiger partial charge is 0.196 e. The lowest BCUT2D eigenvalue weighted by Crippen LogP contribution is -2.11. The van der Waals surface area contributed by atoms with Crippen LogP contribution in [0, 0.1) is 0 Å². The number of hydrogen-bond donors (Lipinski definition) is 0. The number of carbonyl (C=O) groups is 2. The van der Waals surface area contributed by atoms with Gasteiger partial charge >= 0.3 is 0 Å². The number of rotatable bonds is 5. The van der Waals surface area contributed by atoms with Crippen LogP contribution in [0.2, 0.25) is 0 Å². The van der Waals surface area contributed by atoms with Gasteiger partial charge in [-0.25, -0.2) is 0 Å². The molecule has 8 rings (SSSR count). The van der Waals surface area contributed by atoms with Crippen molar-refractivity contribution < 1.29 is 9.59 Å². The van der Waals surface area contributed by atoms with Gasteiger partial charge in [0.25, 0.3) is 0 Å². The fourth-order valence-electron chi connectivity index (χ4n) is 6.34. The van der Waals surface area contributed by atoms with Crippen LogP contribution in [-0.2, 0) is 0 Å². The van der Waals surface area contributed by atoms with E-state index in [9.17, 15) is 9.59 Å². The van der Waals surface area contributed by atoms with Gasteiger partial charge in [-0.1, -0.05) is 97.1 Å². The van der Waals surface area contributed by atoms with Crippen LogP contribution in [0.25, 0.3) is 54.5 Å². The van der Waals surface area contributed by atoms with E-state index in [1.807, 2.05) is 97.1 Å². The molecule has 0 saturated heterocycles. The summed E-state index contributed by atoms with van der Waals surface area (Å²) in [7, 11) is 0. The van der Waals surface area contributed by atoms with Gasteiger partial charge in [-0.2, -0.15) is 0 Å². The van der Waals surface area contributed by atoms with Gasteiger partial charge in [-0.15, -0.1) is 0 Å². The van der Waals surface area contributed by atoms with E-state index in [2.05, 4.69) is 22.1 Å². The van der Waals surface area contributed by atoms with Gasteiger partial charge in [-0.05, 0) is 79.5 Å². The Morgan fingerprint density at radius 1 is 0.386 bits per heavy atom. The summed E-state index contributed by atoms with van der Waals surface area (Å²) in [5.74, 6) is -0.332. The second kappa shape index (κ2) is 10.4. The molecule has 8 aromatic rings. The first-order valence-corrected chi connectivity index (χ1v) is 14.5. The molecule has 2 aromatic heterocycles. The van der Waals surface area contributed by atoms with Crippen molar-refractivity contribution in [2.24, 2.45) is 0 Å². The molecule has 0 amide bonds. The molecule has 0 aliphatic carbocycles. The summed E-state index contributed by atoms with van der Waals surface area (Å²) >= 11 is 0. The molecule has 0 aliphatic rings. The number of fused-ring (bicyclic) bond motifs is 4. The molecule has 0 fully saturated rings. The zero-order valence-corrected chi connectivity index (χ0v) is 23.6. The van der Waals surface area contributed by atoms with Crippen molar-refractivity contribution in [3.8, 4) is 11.4 Å². The fraction of sp³-hybridized carbons (Fsp3) is 0. The minimum Gasteiger partial charge on any atom is -0.288 e. The Balaban J connectivity index is 1.35. The van der Waals surface area contributed by atoms with Crippen LogP contribution in [0.15, 0.2) is 146 Å². The standard InChI is InChI=1S/C40H24N2O2/c43-39(35-29-15-5-1-11-25(29)23-26-12-2-6-16-30(26)35)33-19-9-21-41-37(33)38-34(20-10-22-42-38)40(44)36-31-17-7-3-13-27(31)24-28-14-4-8-18-32(28)36/h1-24H. The number of carbonyl (C=O) groups excluding carboxylic acids is 2. The summed E-state index contributed by atoms with van der Waals surface area (Å²) in [5.41, 5.74) is 2.76. The molecule has 0 atom stereocenters. The maximum atomic E-state index is 14.6. The summed E-state index contributed by atoms with van der Waals surface area (Å²) in [4.78, 5) is 38.6. The normalized spacial score (nSPS) is 11.4. The van der Waals surface area contributed by atoms with Crippen molar-refractivity contribution in [3.05, 3.63) is 168 Å². The quantitative estimate of drug-likeness (QED) is 0.154. The van der Waals surface area contributed by atoms with Crippen LogP contribution < -0.4 is 0 Å². The summed E-state index contributed by atoms with van der Waals surface area (Å²) in [6.45, 7) is 0. The van der Waals surface area contributed by atoms with E-state index in [0.29, 0.717) is 33.6 Å². The number of nitrogens with zero attached hydrogens (tertiary/aromatic N) is 2. The van der Waals surface area contributed by atoms with E-state index in [4.69, 9.17) is 0 Å². The maximum Gasteiger partial charge on any atom is 0.196 e. The number of benzene rings is 6. The molecule has 206 valence electrons. The molecule has 44 heavy (non-hydrogen) atoms. The lowest BCUT2D eigenvalue weighted by Gasteiger charge is -2.15. The Kier molecular flexibility index (Phi) is 6.05. The monoisotopic (exact) mass is 564 g/mol. The van der Waals surface area contributed by atoms with E-state index in [0.717, 1.165) is 43.1 Å². The maximum absolute atomic E-state index is 14.6. The molecule has 0 bridgehead atoms. The third-order valence-electron chi connectivity index (χ3n) is 8.33. The van der Waals surface area contributed by atoms with Crippen LogP contribution in [0.3, 0.4) is 0 Å². The zero-order valence-electron chi connectivity index (χ0n) is 23.6. The van der Waals surface area contributed by atoms with Gasteiger partial charge in [0.1, 0.15) is 11.4 Å². The molecule has 0 aliphatic heterocycles. The highest BCUT2D eigenvalue weighted by molar-refractivity contribution is 6.28. The van der Waals surface area contributed by atoms with Crippen molar-refractivity contribution in [2.75, 3.05) is 0 Å². The Morgan fingerprint density at radius 2 is 0.705 bits per heavy atom. The highest BCUT2D eigenvalue weighted by Gasteiger charge is 2.26. The first kappa shape index (κ1) is 25.7. The molecule has 0 spiro atoms. The van der Waals surface area contributed by atoms with Crippen LogP contribution >= 0.6 is 0 Å². The predicted octanol–water partition coefficient (Wildman–Crippen LogP) is 9.22. The molecular formula is C40H24N2O2. The number of aromatic nitrogens is 2. The molecule has 0 N–H and O–H groups in total. The molecule has 4 heteroatoms. The van der Waals surface area contributed by atoms with Crippen LogP contribution in [0.4, 0.5) is 0 Å². The summed E-state index contributed by atoms with van der Waals surface area (Å²) in [5, 5.41) is 7.40. The van der Waals surface area contributed by atoms with Crippen LogP contribution in [0.1, 0.15) is 31.8 Å². The first-order valence-electron chi connectivity index (χ1n) is 14.5. The second-order valence-corrected chi connectivity index (χ2v) is 10.8. The zero-order chi connectivity index (χ0) is 29.6. The van der Waals surface area contributed by atoms with E-state index < -0.39 is 0 Å². The lowest BCUT2D eigenvalue weighted by atomic mass is 9.88. The molecule has 2 heterocycles. The van der Waals surface area contributed by atoms with Crippen molar-refractivity contribution in [1.82, 2.24) is 9.97 Å². The number of hydrogen-bond acceptors (Lipinski definition) is 4. The van der Waals surface area contributed by atoms with E-state index in [1.165, 1.54) is 0 Å². The Labute approximate surface area is 253 Å². The number of ketones is 2. The average Bonchev–Trinajstić information content (AvgIpc) is 3.09. The van der Waals surface area contributed by atoms with Gasteiger partial charge in [0.05, 0.1) is 11.1 Å². The highest BCUT2D eigenvalue weighted by atomic mass is 16.1. The molecular weight excluding hydrogens is 540 g/mol. The average molecular weight is 565 g/mol. The van der Waals surface area contributed by atoms with Crippen LogP contribution in [0.5, 0.6) is 0 Å². The Bertz CT molecular complexity index is 2160. The van der Waals surface area contributed by atoms with Crippen LogP contribution in [-0.4, -0.2) is 21.5 Å². The third-order valence-corrected chi connectivity index (χ3v) is 8.33. The van der Waals surface area contributed by atoms with Crippen molar-refractivity contribution in [3.63, 3.8) is 0 Å². The molecule has 0 saturated carbocycles. The molecule has 6 aromatic carbocycles. The summed E-state index contributed by atoms with van der Waals surface area (Å²) in [6.07, 6.45) is 3.28. The van der Waals surface area contributed by atoms with Crippen molar-refractivity contribution in [2.45, 2.75) is 0 Å². The summed E-state index contributed by atoms with van der Waals surface area (Å²) in [6, 6.07) is 43.0. The SMILES string of the molecule is O=C(c1cccnc1-c1ncccc1C(=O)c1c2ccccc2cc2ccccc12)c1c2ccccc2cc2ccccc12. The van der Waals surface area contributed by atoms with Gasteiger partial charge in [0.2, 0.25) is 0 Å². The molecule has 0 radical (unpaired) electrons. The number of pyridine rings is 2. The summed E-state index contributed by atoms with van der Waals surface area (Å²) < 4.78 is 0. The second-order valence-electron chi connectivity index (χ2n) is 10.8. The predicted molar refractivity (Wildman–Crippen MR) is 177 cm³/mol. The first-order chi connectivity index (χ1) is 21.7. The fourth-order valence-corrected chi connectivity index (χ4v) is 6.34. The van der Waals surface area contributed by atoms with Gasteiger partial charge in [-0.3, -0.25) is 19.6 Å². The molecule has 0 unspecified atom stereocenters. The minimum absolute atomic E-state index is 0.166. The van der Waals surface area contributed by atoms with Gasteiger partial charge in [0.15, 0.2) is 11.6 Å². The van der Waals surface area contributed by atoms with Gasteiger partial charge in [0, 0.05) is 23.5 Å². The lowest BCUT2D eigenvalue weighted by molar-refractivity contribution is 0.103. The molecule has 4 nitrogen and oxygen atoms in total. The largest absolute Gasteiger partial charge is 0.288 e. The van der Waals surface area contributed by atoms with Crippen molar-refractivity contribution >= 4 is 54.7 Å².